The van der Waals surface area contributed by atoms with Crippen molar-refractivity contribution in [2.24, 2.45) is 11.8 Å². The Morgan fingerprint density at radius 1 is 1.19 bits per heavy atom. The van der Waals surface area contributed by atoms with Crippen LogP contribution in [-0.2, 0) is 4.79 Å². The molecule has 0 atom stereocenters. The molecule has 0 aliphatic rings. The smallest absolute Gasteiger partial charge is 0.249 e. The van der Waals surface area contributed by atoms with Gasteiger partial charge >= 0.3 is 0 Å². The van der Waals surface area contributed by atoms with Crippen molar-refractivity contribution in [1.29, 1.82) is 0 Å². The molecule has 0 N–H and O–H groups in total. The van der Waals surface area contributed by atoms with Crippen molar-refractivity contribution >= 4 is 5.91 Å². The van der Waals surface area contributed by atoms with Crippen molar-refractivity contribution < 1.29 is 4.79 Å². The van der Waals surface area contributed by atoms with Crippen LogP contribution in [0.25, 0.3) is 0 Å². The summed E-state index contributed by atoms with van der Waals surface area (Å²) in [6.45, 7) is 16.2. The van der Waals surface area contributed by atoms with Gasteiger partial charge in [0.1, 0.15) is 0 Å². The van der Waals surface area contributed by atoms with Gasteiger partial charge in [-0.1, -0.05) is 41.2 Å². The number of rotatable bonds is 7. The molecule has 0 fully saturated rings. The van der Waals surface area contributed by atoms with Crippen LogP contribution in [0.3, 0.4) is 0 Å². The number of hydrogen-bond acceptors (Lipinski definition) is 1. The fourth-order valence-electron chi connectivity index (χ4n) is 1.79. The lowest BCUT2D eigenvalue weighted by Gasteiger charge is -2.25. The maximum atomic E-state index is 12.1. The van der Waals surface area contributed by atoms with Crippen molar-refractivity contribution in [2.75, 3.05) is 13.1 Å². The van der Waals surface area contributed by atoms with Crippen LogP contribution in [0.5, 0.6) is 0 Å². The van der Waals surface area contributed by atoms with Crippen molar-refractivity contribution in [3.63, 3.8) is 0 Å². The molecule has 0 spiro atoms. The molecule has 0 unspecified atom stereocenters. The Hall–Kier alpha value is -0.790. The predicted molar refractivity (Wildman–Crippen MR) is 70.3 cm³/mol. The molecule has 16 heavy (non-hydrogen) atoms. The molecule has 2 nitrogen and oxygen atoms in total. The van der Waals surface area contributed by atoms with Crippen LogP contribution in [0, 0.1) is 11.8 Å². The molecular formula is C14H27NO. The summed E-state index contributed by atoms with van der Waals surface area (Å²) < 4.78 is 0. The third-order valence-corrected chi connectivity index (χ3v) is 2.32. The average Bonchev–Trinajstić information content (AvgIpc) is 2.14. The zero-order valence-corrected chi connectivity index (χ0v) is 11.5. The van der Waals surface area contributed by atoms with Crippen LogP contribution < -0.4 is 0 Å². The highest BCUT2D eigenvalue weighted by Gasteiger charge is 2.17. The van der Waals surface area contributed by atoms with Gasteiger partial charge in [0, 0.05) is 18.7 Å². The molecule has 0 aromatic carbocycles. The summed E-state index contributed by atoms with van der Waals surface area (Å²) in [6, 6.07) is 0. The van der Waals surface area contributed by atoms with Crippen molar-refractivity contribution in [2.45, 2.75) is 47.5 Å². The second-order valence-electron chi connectivity index (χ2n) is 5.35. The van der Waals surface area contributed by atoms with E-state index in [0.29, 0.717) is 11.8 Å². The maximum Gasteiger partial charge on any atom is 0.249 e. The Kier molecular flexibility index (Phi) is 7.11. The zero-order valence-electron chi connectivity index (χ0n) is 11.5. The van der Waals surface area contributed by atoms with E-state index in [2.05, 4.69) is 41.2 Å². The van der Waals surface area contributed by atoms with Gasteiger partial charge in [-0.2, -0.15) is 0 Å². The minimum Gasteiger partial charge on any atom is -0.339 e. The Balaban J connectivity index is 4.41. The van der Waals surface area contributed by atoms with Gasteiger partial charge < -0.3 is 4.90 Å². The molecule has 0 radical (unpaired) electrons. The minimum atomic E-state index is 0.143. The molecule has 0 rings (SSSR count). The summed E-state index contributed by atoms with van der Waals surface area (Å²) in [4.78, 5) is 14.1. The number of carbonyl (C=O) groups excluding carboxylic acids is 1. The van der Waals surface area contributed by atoms with Gasteiger partial charge in [0.05, 0.1) is 0 Å². The predicted octanol–water partition coefficient (Wildman–Crippen LogP) is 3.48. The van der Waals surface area contributed by atoms with Gasteiger partial charge in [-0.3, -0.25) is 4.79 Å². The Morgan fingerprint density at radius 3 is 2.12 bits per heavy atom. The van der Waals surface area contributed by atoms with Crippen LogP contribution in [-0.4, -0.2) is 23.9 Å². The third kappa shape index (κ3) is 5.94. The van der Waals surface area contributed by atoms with Gasteiger partial charge in [0.2, 0.25) is 5.91 Å². The second kappa shape index (κ2) is 7.48. The first-order chi connectivity index (χ1) is 7.38. The van der Waals surface area contributed by atoms with Crippen LogP contribution >= 0.6 is 0 Å². The first-order valence-electron chi connectivity index (χ1n) is 6.35. The highest BCUT2D eigenvalue weighted by Crippen LogP contribution is 2.13. The van der Waals surface area contributed by atoms with E-state index >= 15 is 0 Å². The lowest BCUT2D eigenvalue weighted by molar-refractivity contribution is -0.127. The Labute approximate surface area is 101 Å². The zero-order chi connectivity index (χ0) is 12.7. The average molecular weight is 225 g/mol. The summed E-state index contributed by atoms with van der Waals surface area (Å²) in [5, 5.41) is 0. The quantitative estimate of drug-likeness (QED) is 0.607. The molecule has 0 saturated carbocycles. The molecule has 0 aliphatic heterocycles. The van der Waals surface area contributed by atoms with Crippen LogP contribution in [0.4, 0.5) is 0 Å². The Morgan fingerprint density at radius 2 is 1.75 bits per heavy atom. The lowest BCUT2D eigenvalue weighted by Crippen LogP contribution is -2.35. The number of hydrogen-bond donors (Lipinski definition) is 0. The molecule has 0 aromatic rings. The number of carbonyl (C=O) groups is 1. The van der Waals surface area contributed by atoms with Crippen molar-refractivity contribution in [3.05, 3.63) is 12.2 Å². The van der Waals surface area contributed by atoms with E-state index in [-0.39, 0.29) is 5.91 Å². The van der Waals surface area contributed by atoms with E-state index in [1.54, 1.807) is 0 Å². The third-order valence-electron chi connectivity index (χ3n) is 2.32. The van der Waals surface area contributed by atoms with E-state index in [0.717, 1.165) is 31.5 Å². The molecule has 94 valence electrons. The van der Waals surface area contributed by atoms with Crippen molar-refractivity contribution in [3.8, 4) is 0 Å². The van der Waals surface area contributed by atoms with E-state index in [1.807, 2.05) is 4.90 Å². The minimum absolute atomic E-state index is 0.143. The number of amides is 1. The summed E-state index contributed by atoms with van der Waals surface area (Å²) in [6.07, 6.45) is 1.81. The molecule has 0 heterocycles. The van der Waals surface area contributed by atoms with Crippen LogP contribution in [0.2, 0.25) is 0 Å². The highest BCUT2D eigenvalue weighted by molar-refractivity contribution is 5.92. The van der Waals surface area contributed by atoms with Crippen LogP contribution in [0.1, 0.15) is 47.5 Å². The molecule has 0 aliphatic carbocycles. The summed E-state index contributed by atoms with van der Waals surface area (Å²) in [7, 11) is 0. The first kappa shape index (κ1) is 15.2. The second-order valence-corrected chi connectivity index (χ2v) is 5.35. The largest absolute Gasteiger partial charge is 0.339 e. The summed E-state index contributed by atoms with van der Waals surface area (Å²) >= 11 is 0. The van der Waals surface area contributed by atoms with E-state index in [9.17, 15) is 4.79 Å². The summed E-state index contributed by atoms with van der Waals surface area (Å²) in [5.74, 6) is 1.16. The van der Waals surface area contributed by atoms with E-state index in [4.69, 9.17) is 0 Å². The van der Waals surface area contributed by atoms with Gasteiger partial charge in [-0.15, -0.1) is 0 Å². The van der Waals surface area contributed by atoms with Gasteiger partial charge in [-0.25, -0.2) is 0 Å². The highest BCUT2D eigenvalue weighted by atomic mass is 16.2. The van der Waals surface area contributed by atoms with E-state index < -0.39 is 0 Å². The molecular weight excluding hydrogens is 198 g/mol. The number of nitrogens with zero attached hydrogens (tertiary/aromatic N) is 1. The molecule has 1 amide bonds. The van der Waals surface area contributed by atoms with Crippen molar-refractivity contribution in [1.82, 2.24) is 4.90 Å². The van der Waals surface area contributed by atoms with Gasteiger partial charge in [0.15, 0.2) is 0 Å². The molecule has 0 saturated heterocycles. The maximum absolute atomic E-state index is 12.1. The normalized spacial score (nSPS) is 10.9. The standard InChI is InChI=1S/C14H27NO/c1-7-8-15(10-12(4)5)14(16)13(6)9-11(2)3/h11-12H,6-10H2,1-5H3. The SMILES string of the molecule is C=C(CC(C)C)C(=O)N(CCC)CC(C)C. The lowest BCUT2D eigenvalue weighted by atomic mass is 10.0. The van der Waals surface area contributed by atoms with E-state index in [1.165, 1.54) is 0 Å². The Bertz CT molecular complexity index is 231. The van der Waals surface area contributed by atoms with Crippen LogP contribution in [0.15, 0.2) is 12.2 Å². The molecule has 0 bridgehead atoms. The fourth-order valence-corrected chi connectivity index (χ4v) is 1.79. The monoisotopic (exact) mass is 225 g/mol. The molecule has 0 aromatic heterocycles. The summed E-state index contributed by atoms with van der Waals surface area (Å²) in [5.41, 5.74) is 0.754. The topological polar surface area (TPSA) is 20.3 Å². The van der Waals surface area contributed by atoms with Gasteiger partial charge in [0.25, 0.3) is 0 Å². The fraction of sp³-hybridized carbons (Fsp3) is 0.786. The first-order valence-corrected chi connectivity index (χ1v) is 6.35. The van der Waals surface area contributed by atoms with Gasteiger partial charge in [-0.05, 0) is 24.7 Å². The molecule has 2 heteroatoms.